The van der Waals surface area contributed by atoms with Crippen molar-refractivity contribution in [3.05, 3.63) is 28.8 Å². The highest BCUT2D eigenvalue weighted by Crippen LogP contribution is 2.19. The number of benzene rings is 1. The van der Waals surface area contributed by atoms with Gasteiger partial charge >= 0.3 is 0 Å². The number of nitrogens with one attached hydrogen (secondary N) is 1. The normalized spacial score (nSPS) is 12.2. The van der Waals surface area contributed by atoms with Crippen molar-refractivity contribution < 1.29 is 14.6 Å². The highest BCUT2D eigenvalue weighted by Gasteiger charge is 2.13. The summed E-state index contributed by atoms with van der Waals surface area (Å²) in [5.74, 6) is -0.331. The molecule has 4 N–H and O–H groups in total. The van der Waals surface area contributed by atoms with Crippen LogP contribution in [0.15, 0.2) is 18.2 Å². The third-order valence-electron chi connectivity index (χ3n) is 2.19. The lowest BCUT2D eigenvalue weighted by Crippen LogP contribution is -2.40. The molecule has 0 aromatic heterocycles. The monoisotopic (exact) mass is 258 g/mol. The maximum absolute atomic E-state index is 11.8. The fraction of sp³-hybridized carbons (Fsp3) is 0.364. The molecule has 6 heteroatoms. The lowest BCUT2D eigenvalue weighted by Gasteiger charge is -2.15. The molecule has 1 aromatic carbocycles. The van der Waals surface area contributed by atoms with Crippen molar-refractivity contribution in [2.45, 2.75) is 6.04 Å². The molecular weight excluding hydrogens is 244 g/mol. The number of nitrogens with two attached hydrogens (primary N) is 1. The topological polar surface area (TPSA) is 84.6 Å². The molecule has 0 saturated heterocycles. The molecule has 1 rings (SSSR count). The molecule has 94 valence electrons. The van der Waals surface area contributed by atoms with Crippen LogP contribution in [0.1, 0.15) is 10.4 Å². The summed E-state index contributed by atoms with van der Waals surface area (Å²) in [6.45, 7) is 0.0488. The van der Waals surface area contributed by atoms with Gasteiger partial charge in [-0.15, -0.1) is 0 Å². The highest BCUT2D eigenvalue weighted by atomic mass is 35.5. The molecule has 1 unspecified atom stereocenters. The number of rotatable bonds is 5. The number of nitrogen functional groups attached to an aromatic ring is 1. The number of anilines is 1. The summed E-state index contributed by atoms with van der Waals surface area (Å²) in [7, 11) is 1.49. The number of amides is 1. The molecular formula is C11H15ClN2O3. The van der Waals surface area contributed by atoms with Gasteiger partial charge in [0.05, 0.1) is 30.0 Å². The van der Waals surface area contributed by atoms with Gasteiger partial charge in [-0.05, 0) is 18.2 Å². The Morgan fingerprint density at radius 2 is 2.35 bits per heavy atom. The predicted molar refractivity (Wildman–Crippen MR) is 66.1 cm³/mol. The van der Waals surface area contributed by atoms with Crippen LogP contribution in [0.2, 0.25) is 5.02 Å². The molecule has 1 atom stereocenters. The van der Waals surface area contributed by atoms with Crippen LogP contribution in [0, 0.1) is 0 Å². The molecule has 0 fully saturated rings. The Hall–Kier alpha value is -1.30. The second kappa shape index (κ2) is 6.44. The summed E-state index contributed by atoms with van der Waals surface area (Å²) < 4.78 is 4.85. The van der Waals surface area contributed by atoms with Crippen molar-refractivity contribution in [2.75, 3.05) is 26.1 Å². The number of hydrogen-bond donors (Lipinski definition) is 3. The summed E-state index contributed by atoms with van der Waals surface area (Å²) in [5.41, 5.74) is 6.34. The van der Waals surface area contributed by atoms with E-state index in [1.54, 1.807) is 12.1 Å². The van der Waals surface area contributed by atoms with Crippen molar-refractivity contribution in [3.63, 3.8) is 0 Å². The first-order chi connectivity index (χ1) is 8.08. The smallest absolute Gasteiger partial charge is 0.251 e. The summed E-state index contributed by atoms with van der Waals surface area (Å²) in [4.78, 5) is 11.8. The Labute approximate surface area is 105 Å². The van der Waals surface area contributed by atoms with Gasteiger partial charge in [0.1, 0.15) is 0 Å². The minimum atomic E-state index is -0.441. The van der Waals surface area contributed by atoms with Crippen LogP contribution in [0.3, 0.4) is 0 Å². The maximum atomic E-state index is 11.8. The third-order valence-corrected chi connectivity index (χ3v) is 2.51. The van der Waals surface area contributed by atoms with Crippen molar-refractivity contribution >= 4 is 23.2 Å². The van der Waals surface area contributed by atoms with Crippen molar-refractivity contribution in [3.8, 4) is 0 Å². The Morgan fingerprint density at radius 1 is 1.65 bits per heavy atom. The number of methoxy groups -OCH3 is 1. The molecule has 1 amide bonds. The van der Waals surface area contributed by atoms with Gasteiger partial charge in [-0.2, -0.15) is 0 Å². The zero-order chi connectivity index (χ0) is 12.8. The van der Waals surface area contributed by atoms with Crippen LogP contribution in [0.5, 0.6) is 0 Å². The van der Waals surface area contributed by atoms with E-state index in [1.165, 1.54) is 13.2 Å². The van der Waals surface area contributed by atoms with Gasteiger partial charge in [-0.1, -0.05) is 11.6 Å². The van der Waals surface area contributed by atoms with Crippen LogP contribution in [-0.4, -0.2) is 37.4 Å². The quantitative estimate of drug-likeness (QED) is 0.678. The van der Waals surface area contributed by atoms with Crippen LogP contribution in [-0.2, 0) is 4.74 Å². The summed E-state index contributed by atoms with van der Waals surface area (Å²) in [6.07, 6.45) is 0. The van der Waals surface area contributed by atoms with Crippen LogP contribution < -0.4 is 11.1 Å². The van der Waals surface area contributed by atoms with Gasteiger partial charge in [-0.3, -0.25) is 4.79 Å². The molecule has 0 saturated carbocycles. The number of carbonyl (C=O) groups excluding carboxylic acids is 1. The largest absolute Gasteiger partial charge is 0.398 e. The van der Waals surface area contributed by atoms with Gasteiger partial charge in [0.25, 0.3) is 5.91 Å². The molecule has 5 nitrogen and oxygen atoms in total. The van der Waals surface area contributed by atoms with Gasteiger partial charge in [0.15, 0.2) is 0 Å². The Morgan fingerprint density at radius 3 is 2.88 bits per heavy atom. The van der Waals surface area contributed by atoms with Crippen LogP contribution in [0.25, 0.3) is 0 Å². The first kappa shape index (κ1) is 13.8. The molecule has 0 aliphatic carbocycles. The van der Waals surface area contributed by atoms with E-state index in [9.17, 15) is 4.79 Å². The SMILES string of the molecule is COCC(CO)NC(=O)c1ccc(N)c(Cl)c1. The predicted octanol–water partition coefficient (Wildman–Crippen LogP) is 0.659. The van der Waals surface area contributed by atoms with E-state index in [4.69, 9.17) is 27.2 Å². The molecule has 0 heterocycles. The van der Waals surface area contributed by atoms with E-state index >= 15 is 0 Å². The van der Waals surface area contributed by atoms with E-state index in [1.807, 2.05) is 0 Å². The van der Waals surface area contributed by atoms with E-state index in [2.05, 4.69) is 5.32 Å². The summed E-state index contributed by atoms with van der Waals surface area (Å²) >= 11 is 5.81. The van der Waals surface area contributed by atoms with Gasteiger partial charge in [0.2, 0.25) is 0 Å². The average Bonchev–Trinajstić information content (AvgIpc) is 2.31. The fourth-order valence-electron chi connectivity index (χ4n) is 1.28. The molecule has 17 heavy (non-hydrogen) atoms. The van der Waals surface area contributed by atoms with Crippen molar-refractivity contribution in [2.24, 2.45) is 0 Å². The van der Waals surface area contributed by atoms with E-state index in [0.717, 1.165) is 0 Å². The van der Waals surface area contributed by atoms with Gasteiger partial charge in [0, 0.05) is 12.7 Å². The summed E-state index contributed by atoms with van der Waals surface area (Å²) in [5, 5.41) is 12.0. The van der Waals surface area contributed by atoms with Crippen molar-refractivity contribution in [1.82, 2.24) is 5.32 Å². The minimum Gasteiger partial charge on any atom is -0.398 e. The van der Waals surface area contributed by atoms with E-state index in [0.29, 0.717) is 16.3 Å². The molecule has 1 aromatic rings. The molecule has 0 aliphatic heterocycles. The molecule has 0 radical (unpaired) electrons. The lowest BCUT2D eigenvalue weighted by atomic mass is 10.2. The third kappa shape index (κ3) is 3.89. The number of hydrogen-bond acceptors (Lipinski definition) is 4. The standard InChI is InChI=1S/C11H15ClN2O3/c1-17-6-8(5-15)14-11(16)7-2-3-10(13)9(12)4-7/h2-4,8,15H,5-6,13H2,1H3,(H,14,16). The molecule has 0 aliphatic rings. The Bertz CT molecular complexity index is 398. The lowest BCUT2D eigenvalue weighted by molar-refractivity contribution is 0.0839. The number of halogens is 1. The second-order valence-corrected chi connectivity index (χ2v) is 3.95. The first-order valence-electron chi connectivity index (χ1n) is 5.04. The van der Waals surface area contributed by atoms with Crippen molar-refractivity contribution in [1.29, 1.82) is 0 Å². The Balaban J connectivity index is 2.72. The van der Waals surface area contributed by atoms with Gasteiger partial charge < -0.3 is 20.9 Å². The van der Waals surface area contributed by atoms with E-state index < -0.39 is 6.04 Å². The fourth-order valence-corrected chi connectivity index (χ4v) is 1.46. The van der Waals surface area contributed by atoms with Crippen LogP contribution >= 0.6 is 11.6 Å². The van der Waals surface area contributed by atoms with Crippen LogP contribution in [0.4, 0.5) is 5.69 Å². The molecule has 0 bridgehead atoms. The minimum absolute atomic E-state index is 0.192. The zero-order valence-electron chi connectivity index (χ0n) is 9.44. The molecule has 0 spiro atoms. The van der Waals surface area contributed by atoms with E-state index in [-0.39, 0.29) is 19.1 Å². The number of ether oxygens (including phenoxy) is 1. The Kier molecular flexibility index (Phi) is 5.21. The summed E-state index contributed by atoms with van der Waals surface area (Å²) in [6, 6.07) is 4.16. The zero-order valence-corrected chi connectivity index (χ0v) is 10.2. The average molecular weight is 259 g/mol. The van der Waals surface area contributed by atoms with Gasteiger partial charge in [-0.25, -0.2) is 0 Å². The number of carbonyl (C=O) groups is 1. The maximum Gasteiger partial charge on any atom is 0.251 e. The second-order valence-electron chi connectivity index (χ2n) is 3.54. The number of aliphatic hydroxyl groups is 1. The number of aliphatic hydroxyl groups excluding tert-OH is 1. The highest BCUT2D eigenvalue weighted by molar-refractivity contribution is 6.33. The first-order valence-corrected chi connectivity index (χ1v) is 5.42.